The van der Waals surface area contributed by atoms with Gasteiger partial charge in [0.15, 0.2) is 5.75 Å². The molecule has 2 rings (SSSR count). The fraction of sp³-hybridized carbons (Fsp3) is 0. The maximum absolute atomic E-state index is 12.8. The van der Waals surface area contributed by atoms with E-state index in [-0.39, 0.29) is 22.2 Å². The van der Waals surface area contributed by atoms with Gasteiger partial charge in [0.25, 0.3) is 5.69 Å². The monoisotopic (exact) mass is 268 g/mol. The third-order valence-electron chi connectivity index (χ3n) is 2.05. The summed E-state index contributed by atoms with van der Waals surface area (Å²) in [4.78, 5) is 13.4. The van der Waals surface area contributed by atoms with Gasteiger partial charge in [-0.25, -0.2) is 4.98 Å². The van der Waals surface area contributed by atoms with E-state index in [1.165, 1.54) is 30.5 Å². The highest BCUT2D eigenvalue weighted by Gasteiger charge is 2.11. The molecule has 0 N–H and O–H groups in total. The van der Waals surface area contributed by atoms with Crippen molar-refractivity contribution in [2.45, 2.75) is 0 Å². The van der Waals surface area contributed by atoms with Crippen molar-refractivity contribution in [2.75, 3.05) is 0 Å². The van der Waals surface area contributed by atoms with E-state index in [4.69, 9.17) is 16.3 Å². The van der Waals surface area contributed by atoms with Crippen LogP contribution in [-0.2, 0) is 0 Å². The highest BCUT2D eigenvalue weighted by Crippen LogP contribution is 2.32. The second-order valence-electron chi connectivity index (χ2n) is 3.29. The number of hydrogen-bond donors (Lipinski definition) is 0. The maximum atomic E-state index is 12.8. The van der Waals surface area contributed by atoms with Gasteiger partial charge in [0.1, 0.15) is 5.75 Å². The van der Waals surface area contributed by atoms with Gasteiger partial charge in [0.2, 0.25) is 5.95 Å². The molecular formula is C11H6ClFN2O3. The fourth-order valence-corrected chi connectivity index (χ4v) is 1.42. The summed E-state index contributed by atoms with van der Waals surface area (Å²) < 4.78 is 18.1. The largest absolute Gasteiger partial charge is 0.455 e. The number of nitro groups is 1. The first kappa shape index (κ1) is 12.3. The van der Waals surface area contributed by atoms with Crippen molar-refractivity contribution < 1.29 is 14.1 Å². The molecule has 0 aliphatic rings. The molecule has 1 aromatic heterocycles. The van der Waals surface area contributed by atoms with E-state index < -0.39 is 10.9 Å². The zero-order chi connectivity index (χ0) is 13.1. The Morgan fingerprint density at radius 3 is 2.78 bits per heavy atom. The summed E-state index contributed by atoms with van der Waals surface area (Å²) in [6.45, 7) is 0. The second kappa shape index (κ2) is 4.97. The molecule has 92 valence electrons. The van der Waals surface area contributed by atoms with E-state index >= 15 is 0 Å². The summed E-state index contributed by atoms with van der Waals surface area (Å²) in [5.41, 5.74) is -0.163. The maximum Gasteiger partial charge on any atom is 0.273 e. The molecule has 1 heterocycles. The summed E-state index contributed by atoms with van der Waals surface area (Å²) in [5.74, 6) is -0.476. The molecule has 18 heavy (non-hydrogen) atoms. The minimum atomic E-state index is -0.714. The van der Waals surface area contributed by atoms with Crippen molar-refractivity contribution in [3.8, 4) is 11.5 Å². The molecule has 0 unspecified atom stereocenters. The van der Waals surface area contributed by atoms with Crippen LogP contribution in [0.5, 0.6) is 11.5 Å². The zero-order valence-corrected chi connectivity index (χ0v) is 9.60. The Hall–Kier alpha value is -2.21. The Balaban J connectivity index is 2.33. The number of ether oxygens (including phenoxy) is 1. The van der Waals surface area contributed by atoms with E-state index in [0.717, 1.165) is 6.07 Å². The van der Waals surface area contributed by atoms with Crippen LogP contribution in [0.2, 0.25) is 5.02 Å². The average Bonchev–Trinajstić information content (AvgIpc) is 2.31. The third-order valence-corrected chi connectivity index (χ3v) is 2.36. The highest BCUT2D eigenvalue weighted by atomic mass is 35.5. The van der Waals surface area contributed by atoms with Gasteiger partial charge in [-0.05, 0) is 12.1 Å². The molecule has 1 aromatic carbocycles. The topological polar surface area (TPSA) is 65.3 Å². The van der Waals surface area contributed by atoms with Crippen molar-refractivity contribution in [3.63, 3.8) is 0 Å². The predicted molar refractivity (Wildman–Crippen MR) is 62.4 cm³/mol. The standard InChI is InChI=1S/C11H6ClFN2O3/c12-9-2-1-7(15(16)17)5-10(9)18-8-3-4-14-11(13)6-8/h1-6H. The Kier molecular flexibility index (Phi) is 3.38. The molecule has 0 saturated carbocycles. The Bertz CT molecular complexity index is 607. The molecule has 2 aromatic rings. The molecule has 0 saturated heterocycles. The van der Waals surface area contributed by atoms with E-state index in [0.29, 0.717) is 0 Å². The zero-order valence-electron chi connectivity index (χ0n) is 8.84. The van der Waals surface area contributed by atoms with Crippen LogP contribution in [0, 0.1) is 16.1 Å². The summed E-state index contributed by atoms with van der Waals surface area (Å²) >= 11 is 5.83. The number of halogens is 2. The minimum Gasteiger partial charge on any atom is -0.455 e. The smallest absolute Gasteiger partial charge is 0.273 e. The van der Waals surface area contributed by atoms with Crippen LogP contribution >= 0.6 is 11.6 Å². The average molecular weight is 269 g/mol. The first-order valence-electron chi connectivity index (χ1n) is 4.79. The lowest BCUT2D eigenvalue weighted by Gasteiger charge is -2.06. The van der Waals surface area contributed by atoms with E-state index in [1.54, 1.807) is 0 Å². The van der Waals surface area contributed by atoms with E-state index in [2.05, 4.69) is 4.98 Å². The van der Waals surface area contributed by atoms with Gasteiger partial charge < -0.3 is 4.74 Å². The minimum absolute atomic E-state index is 0.0801. The van der Waals surface area contributed by atoms with Crippen LogP contribution in [0.4, 0.5) is 10.1 Å². The summed E-state index contributed by atoms with van der Waals surface area (Å²) in [6.07, 6.45) is 1.22. The molecule has 7 heteroatoms. The Labute approximate surface area is 106 Å². The molecule has 0 amide bonds. The van der Waals surface area contributed by atoms with Crippen molar-refractivity contribution in [1.82, 2.24) is 4.98 Å². The molecule has 5 nitrogen and oxygen atoms in total. The third kappa shape index (κ3) is 2.72. The van der Waals surface area contributed by atoms with Crippen molar-refractivity contribution in [1.29, 1.82) is 0 Å². The first-order chi connectivity index (χ1) is 8.56. The fourth-order valence-electron chi connectivity index (χ4n) is 1.26. The van der Waals surface area contributed by atoms with Crippen LogP contribution < -0.4 is 4.74 Å². The SMILES string of the molecule is O=[N+]([O-])c1ccc(Cl)c(Oc2ccnc(F)c2)c1. The number of non-ortho nitro benzene ring substituents is 1. The van der Waals surface area contributed by atoms with Gasteiger partial charge in [-0.2, -0.15) is 4.39 Å². The molecule has 0 aliphatic heterocycles. The quantitative estimate of drug-likeness (QED) is 0.485. The van der Waals surface area contributed by atoms with Crippen LogP contribution in [0.25, 0.3) is 0 Å². The number of benzene rings is 1. The van der Waals surface area contributed by atoms with Crippen molar-refractivity contribution in [3.05, 3.63) is 57.6 Å². The van der Waals surface area contributed by atoms with Gasteiger partial charge >= 0.3 is 0 Å². The molecular weight excluding hydrogens is 263 g/mol. The van der Waals surface area contributed by atoms with Crippen LogP contribution in [-0.4, -0.2) is 9.91 Å². The van der Waals surface area contributed by atoms with Crippen molar-refractivity contribution in [2.24, 2.45) is 0 Å². The molecule has 0 radical (unpaired) electrons. The molecule has 0 bridgehead atoms. The summed E-state index contributed by atoms with van der Waals surface area (Å²) in [6, 6.07) is 6.23. The Morgan fingerprint density at radius 1 is 1.33 bits per heavy atom. The molecule has 0 aliphatic carbocycles. The van der Waals surface area contributed by atoms with E-state index in [9.17, 15) is 14.5 Å². The van der Waals surface area contributed by atoms with Gasteiger partial charge in [-0.15, -0.1) is 0 Å². The molecule has 0 spiro atoms. The van der Waals surface area contributed by atoms with Gasteiger partial charge in [-0.3, -0.25) is 10.1 Å². The second-order valence-corrected chi connectivity index (χ2v) is 3.70. The lowest BCUT2D eigenvalue weighted by Crippen LogP contribution is -1.91. The number of aromatic nitrogens is 1. The van der Waals surface area contributed by atoms with E-state index in [1.807, 2.05) is 0 Å². The normalized spacial score (nSPS) is 10.1. The van der Waals surface area contributed by atoms with Gasteiger partial charge in [0.05, 0.1) is 16.0 Å². The van der Waals surface area contributed by atoms with Crippen LogP contribution in [0.15, 0.2) is 36.5 Å². The van der Waals surface area contributed by atoms with Gasteiger partial charge in [0, 0.05) is 18.3 Å². The van der Waals surface area contributed by atoms with Crippen LogP contribution in [0.1, 0.15) is 0 Å². The van der Waals surface area contributed by atoms with Gasteiger partial charge in [-0.1, -0.05) is 11.6 Å². The number of pyridine rings is 1. The number of nitro benzene ring substituents is 1. The summed E-state index contributed by atoms with van der Waals surface area (Å²) in [5, 5.41) is 10.8. The number of hydrogen-bond acceptors (Lipinski definition) is 4. The predicted octanol–water partition coefficient (Wildman–Crippen LogP) is 3.57. The number of nitrogens with zero attached hydrogens (tertiary/aromatic N) is 2. The highest BCUT2D eigenvalue weighted by molar-refractivity contribution is 6.32. The lowest BCUT2D eigenvalue weighted by atomic mass is 10.3. The summed E-state index contributed by atoms with van der Waals surface area (Å²) in [7, 11) is 0. The molecule has 0 atom stereocenters. The lowest BCUT2D eigenvalue weighted by molar-refractivity contribution is -0.384. The Morgan fingerprint density at radius 2 is 2.11 bits per heavy atom. The first-order valence-corrected chi connectivity index (χ1v) is 5.17. The van der Waals surface area contributed by atoms with Crippen LogP contribution in [0.3, 0.4) is 0 Å². The van der Waals surface area contributed by atoms with Crippen molar-refractivity contribution >= 4 is 17.3 Å². The number of rotatable bonds is 3. The molecule has 0 fully saturated rings.